The summed E-state index contributed by atoms with van der Waals surface area (Å²) in [6, 6.07) is 6.56. The van der Waals surface area contributed by atoms with Crippen molar-refractivity contribution in [3.8, 4) is 0 Å². The molecule has 2 aromatic heterocycles. The van der Waals surface area contributed by atoms with Crippen molar-refractivity contribution in [1.82, 2.24) is 9.55 Å². The third kappa shape index (κ3) is 4.28. The van der Waals surface area contributed by atoms with E-state index in [2.05, 4.69) is 60.9 Å². The molecule has 1 aliphatic heterocycles. The van der Waals surface area contributed by atoms with Crippen LogP contribution in [0.25, 0.3) is 5.70 Å². The van der Waals surface area contributed by atoms with Crippen molar-refractivity contribution in [1.29, 1.82) is 0 Å². The lowest BCUT2D eigenvalue weighted by atomic mass is 9.83. The third-order valence-electron chi connectivity index (χ3n) is 6.41. The molecule has 4 heteroatoms. The van der Waals surface area contributed by atoms with E-state index in [1.807, 2.05) is 0 Å². The van der Waals surface area contributed by atoms with Crippen molar-refractivity contribution in [2.24, 2.45) is 12.0 Å². The quantitative estimate of drug-likeness (QED) is 0.522. The zero-order chi connectivity index (χ0) is 20.2. The van der Waals surface area contributed by atoms with Crippen LogP contribution in [0.4, 0.5) is 0 Å². The maximum atomic E-state index is 6.05. The molecule has 0 amide bonds. The van der Waals surface area contributed by atoms with Crippen LogP contribution in [-0.2, 0) is 18.2 Å². The van der Waals surface area contributed by atoms with Crippen molar-refractivity contribution in [3.05, 3.63) is 53.1 Å². The lowest BCUT2D eigenvalue weighted by Crippen LogP contribution is -2.20. The second-order valence-corrected chi connectivity index (χ2v) is 8.48. The van der Waals surface area contributed by atoms with Crippen molar-refractivity contribution in [2.45, 2.75) is 77.2 Å². The van der Waals surface area contributed by atoms with E-state index in [0.29, 0.717) is 12.5 Å². The predicted octanol–water partition coefficient (Wildman–Crippen LogP) is 5.99. The zero-order valence-electron chi connectivity index (χ0n) is 18.2. The second kappa shape index (κ2) is 9.17. The Balaban J connectivity index is 1.58. The van der Waals surface area contributed by atoms with Crippen molar-refractivity contribution >= 4 is 11.4 Å². The summed E-state index contributed by atoms with van der Waals surface area (Å²) in [5.74, 6) is 0.702. The van der Waals surface area contributed by atoms with E-state index in [9.17, 15) is 0 Å². The van der Waals surface area contributed by atoms with Crippen LogP contribution in [0, 0.1) is 0 Å². The fourth-order valence-corrected chi connectivity index (χ4v) is 4.86. The molecule has 29 heavy (non-hydrogen) atoms. The first kappa shape index (κ1) is 20.2. The molecular formula is C25H35N3O. The Bertz CT molecular complexity index is 886. The van der Waals surface area contributed by atoms with Gasteiger partial charge in [0.25, 0.3) is 0 Å². The van der Waals surface area contributed by atoms with Crippen LogP contribution in [-0.4, -0.2) is 28.0 Å². The highest BCUT2D eigenvalue weighted by Crippen LogP contribution is 2.37. The van der Waals surface area contributed by atoms with Crippen molar-refractivity contribution < 1.29 is 4.74 Å². The van der Waals surface area contributed by atoms with Gasteiger partial charge in [-0.25, -0.2) is 4.99 Å². The molecule has 156 valence electrons. The van der Waals surface area contributed by atoms with E-state index >= 15 is 0 Å². The number of H-pyrrole nitrogens is 1. The van der Waals surface area contributed by atoms with Gasteiger partial charge >= 0.3 is 0 Å². The monoisotopic (exact) mass is 393 g/mol. The van der Waals surface area contributed by atoms with E-state index in [1.165, 1.54) is 56.2 Å². The number of unbranched alkanes of at least 4 members (excludes halogenated alkanes) is 3. The topological polar surface area (TPSA) is 42.3 Å². The van der Waals surface area contributed by atoms with Crippen LogP contribution in [0.15, 0.2) is 35.5 Å². The van der Waals surface area contributed by atoms with Gasteiger partial charge in [0.05, 0.1) is 22.8 Å². The van der Waals surface area contributed by atoms with E-state index in [4.69, 9.17) is 9.73 Å². The Morgan fingerprint density at radius 3 is 2.90 bits per heavy atom. The van der Waals surface area contributed by atoms with Gasteiger partial charge in [0.1, 0.15) is 6.10 Å². The number of aliphatic imine (C=N–C) groups is 1. The molecule has 0 saturated heterocycles. The summed E-state index contributed by atoms with van der Waals surface area (Å²) in [4.78, 5) is 8.74. The van der Waals surface area contributed by atoms with Gasteiger partial charge in [-0.05, 0) is 68.4 Å². The first-order valence-electron chi connectivity index (χ1n) is 11.5. The highest BCUT2D eigenvalue weighted by Gasteiger charge is 2.29. The average molecular weight is 394 g/mol. The molecule has 0 bridgehead atoms. The molecule has 0 fully saturated rings. The highest BCUT2D eigenvalue weighted by atomic mass is 16.5. The van der Waals surface area contributed by atoms with Gasteiger partial charge in [-0.1, -0.05) is 32.6 Å². The minimum absolute atomic E-state index is 0.0759. The summed E-state index contributed by atoms with van der Waals surface area (Å²) in [6.07, 6.45) is 14.6. The van der Waals surface area contributed by atoms with Crippen molar-refractivity contribution in [3.63, 3.8) is 0 Å². The Hall–Kier alpha value is -2.07. The summed E-state index contributed by atoms with van der Waals surface area (Å²) < 4.78 is 8.17. The fourth-order valence-electron chi connectivity index (χ4n) is 4.86. The van der Waals surface area contributed by atoms with Gasteiger partial charge in [-0.15, -0.1) is 0 Å². The van der Waals surface area contributed by atoms with Crippen LogP contribution in [0.1, 0.15) is 87.4 Å². The molecule has 3 heterocycles. The summed E-state index contributed by atoms with van der Waals surface area (Å²) in [5.41, 5.74) is 7.28. The number of nitrogens with zero attached hydrogens (tertiary/aromatic N) is 2. The summed E-state index contributed by atoms with van der Waals surface area (Å²) >= 11 is 0. The molecule has 2 aliphatic rings. The molecule has 0 aromatic carbocycles. The number of hydrogen-bond acceptors (Lipinski definition) is 2. The first-order valence-corrected chi connectivity index (χ1v) is 11.5. The number of nitrogens with one attached hydrogen (secondary N) is 1. The van der Waals surface area contributed by atoms with Gasteiger partial charge in [-0.3, -0.25) is 0 Å². The Kier molecular flexibility index (Phi) is 6.39. The van der Waals surface area contributed by atoms with Crippen molar-refractivity contribution in [2.75, 3.05) is 6.61 Å². The number of fused-ring (bicyclic) bond motifs is 1. The Labute approximate surface area is 175 Å². The Morgan fingerprint density at radius 2 is 2.14 bits per heavy atom. The van der Waals surface area contributed by atoms with E-state index in [-0.39, 0.29) is 6.10 Å². The maximum absolute atomic E-state index is 6.05. The Morgan fingerprint density at radius 1 is 1.24 bits per heavy atom. The number of hydrogen-bond donors (Lipinski definition) is 1. The summed E-state index contributed by atoms with van der Waals surface area (Å²) in [6.45, 7) is 5.02. The van der Waals surface area contributed by atoms with Gasteiger partial charge in [-0.2, -0.15) is 0 Å². The number of aromatic nitrogens is 2. The lowest BCUT2D eigenvalue weighted by molar-refractivity contribution is 0.142. The van der Waals surface area contributed by atoms with Crippen LogP contribution < -0.4 is 0 Å². The van der Waals surface area contributed by atoms with E-state index < -0.39 is 0 Å². The van der Waals surface area contributed by atoms with Gasteiger partial charge in [0.2, 0.25) is 0 Å². The third-order valence-corrected chi connectivity index (χ3v) is 6.41. The molecule has 4 nitrogen and oxygen atoms in total. The van der Waals surface area contributed by atoms with Crippen LogP contribution >= 0.6 is 0 Å². The molecule has 2 aromatic rings. The molecular weight excluding hydrogens is 358 g/mol. The van der Waals surface area contributed by atoms with Gasteiger partial charge in [0, 0.05) is 25.5 Å². The molecule has 1 N–H and O–H groups in total. The second-order valence-electron chi connectivity index (χ2n) is 8.48. The zero-order valence-corrected chi connectivity index (χ0v) is 18.2. The fraction of sp³-hybridized carbons (Fsp3) is 0.560. The molecule has 4 rings (SSSR count). The average Bonchev–Trinajstić information content (AvgIpc) is 3.43. The highest BCUT2D eigenvalue weighted by molar-refractivity contribution is 6.09. The molecule has 0 spiro atoms. The smallest absolute Gasteiger partial charge is 0.122 e. The van der Waals surface area contributed by atoms with Gasteiger partial charge in [0.15, 0.2) is 0 Å². The normalized spacial score (nSPS) is 21.2. The summed E-state index contributed by atoms with van der Waals surface area (Å²) in [7, 11) is 2.07. The van der Waals surface area contributed by atoms with E-state index in [1.54, 1.807) is 0 Å². The van der Waals surface area contributed by atoms with Crippen LogP contribution in [0.3, 0.4) is 0 Å². The van der Waals surface area contributed by atoms with Crippen LogP contribution in [0.5, 0.6) is 0 Å². The number of ether oxygens (including phenoxy) is 1. The molecule has 2 unspecified atom stereocenters. The maximum Gasteiger partial charge on any atom is 0.122 e. The molecule has 0 radical (unpaired) electrons. The number of aromatic amines is 1. The molecule has 2 atom stereocenters. The SMILES string of the molecule is CCCCCCC1CCCc2[nH]c(C3=NC(c4cccn4C)=CC3OCC)cc21. The largest absolute Gasteiger partial charge is 0.368 e. The summed E-state index contributed by atoms with van der Waals surface area (Å²) in [5, 5.41) is 0. The first-order chi connectivity index (χ1) is 14.2. The van der Waals surface area contributed by atoms with Crippen LogP contribution in [0.2, 0.25) is 0 Å². The standard InChI is InChI=1S/C25H35N3O/c1-4-6-7-8-11-18-12-9-13-20-19(18)16-22(26-20)25-24(29-5-2)17-21(27-25)23-14-10-15-28(23)3/h10,14-18,24,26H,4-9,11-13H2,1-3H3. The van der Waals surface area contributed by atoms with E-state index in [0.717, 1.165) is 29.2 Å². The molecule has 1 aliphatic carbocycles. The lowest BCUT2D eigenvalue weighted by Gasteiger charge is -2.22. The predicted molar refractivity (Wildman–Crippen MR) is 121 cm³/mol. The number of aryl methyl sites for hydroxylation is 2. The molecule has 0 saturated carbocycles. The minimum atomic E-state index is -0.0759. The minimum Gasteiger partial charge on any atom is -0.368 e. The van der Waals surface area contributed by atoms with Gasteiger partial charge < -0.3 is 14.3 Å². The number of rotatable bonds is 9.